The molecule has 0 saturated heterocycles. The van der Waals surface area contributed by atoms with Crippen molar-refractivity contribution in [1.29, 1.82) is 0 Å². The molecular formula is C25H36N6O6S2. The molecule has 0 fully saturated rings. The maximum Gasteiger partial charge on any atom is 0.326 e. The van der Waals surface area contributed by atoms with E-state index in [4.69, 9.17) is 11.5 Å². The van der Waals surface area contributed by atoms with Gasteiger partial charge in [-0.25, -0.2) is 4.79 Å². The number of H-pyrrole nitrogens is 1. The minimum atomic E-state index is -1.23. The number of hydrogen-bond donors (Lipinski definition) is 7. The van der Waals surface area contributed by atoms with Gasteiger partial charge in [-0.1, -0.05) is 18.2 Å². The summed E-state index contributed by atoms with van der Waals surface area (Å²) in [6.07, 6.45) is 5.54. The second kappa shape index (κ2) is 16.0. The zero-order valence-electron chi connectivity index (χ0n) is 21.9. The molecule has 0 aliphatic rings. The molecule has 0 aliphatic carbocycles. The van der Waals surface area contributed by atoms with Crippen LogP contribution in [0, 0.1) is 0 Å². The number of carbonyl (C=O) groups is 5. The Hall–Kier alpha value is -3.23. The molecule has 1 aromatic carbocycles. The number of para-hydroxylation sites is 1. The molecule has 9 N–H and O–H groups in total. The first-order valence-electron chi connectivity index (χ1n) is 12.3. The highest BCUT2D eigenvalue weighted by Gasteiger charge is 2.30. The van der Waals surface area contributed by atoms with Crippen molar-refractivity contribution in [3.8, 4) is 0 Å². The molecule has 0 bridgehead atoms. The van der Waals surface area contributed by atoms with Crippen LogP contribution in [-0.4, -0.2) is 87.9 Å². The highest BCUT2D eigenvalue weighted by atomic mass is 32.2. The van der Waals surface area contributed by atoms with Crippen molar-refractivity contribution in [1.82, 2.24) is 20.9 Å². The Labute approximate surface area is 235 Å². The number of carboxylic acids is 1. The van der Waals surface area contributed by atoms with Gasteiger partial charge in [0.2, 0.25) is 23.6 Å². The molecule has 4 amide bonds. The average Bonchev–Trinajstić information content (AvgIpc) is 3.30. The number of thioether (sulfide) groups is 2. The van der Waals surface area contributed by atoms with Crippen molar-refractivity contribution in [2.75, 3.05) is 24.0 Å². The summed E-state index contributed by atoms with van der Waals surface area (Å²) >= 11 is 2.92. The lowest BCUT2D eigenvalue weighted by Crippen LogP contribution is -2.57. The normalized spacial score (nSPS) is 14.1. The van der Waals surface area contributed by atoms with E-state index in [1.165, 1.54) is 23.5 Å². The van der Waals surface area contributed by atoms with E-state index in [2.05, 4.69) is 20.9 Å². The highest BCUT2D eigenvalue weighted by Crippen LogP contribution is 2.19. The number of hydrogen-bond acceptors (Lipinski definition) is 8. The first-order chi connectivity index (χ1) is 18.6. The molecule has 2 aromatic rings. The van der Waals surface area contributed by atoms with Gasteiger partial charge in [-0.15, -0.1) is 0 Å². The Morgan fingerprint density at radius 2 is 1.44 bits per heavy atom. The molecule has 1 heterocycles. The largest absolute Gasteiger partial charge is 0.480 e. The van der Waals surface area contributed by atoms with Gasteiger partial charge < -0.3 is 37.5 Å². The second-order valence-corrected chi connectivity index (χ2v) is 10.9. The van der Waals surface area contributed by atoms with Crippen LogP contribution in [-0.2, 0) is 30.4 Å². The first kappa shape index (κ1) is 32.0. The van der Waals surface area contributed by atoms with E-state index in [0.29, 0.717) is 11.5 Å². The van der Waals surface area contributed by atoms with Gasteiger partial charge in [0, 0.05) is 23.5 Å². The summed E-state index contributed by atoms with van der Waals surface area (Å²) < 4.78 is 0. The number of amides is 4. The third-order valence-corrected chi connectivity index (χ3v) is 7.25. The van der Waals surface area contributed by atoms with Crippen LogP contribution in [0.1, 0.15) is 24.8 Å². The molecule has 4 atom stereocenters. The monoisotopic (exact) mass is 580 g/mol. The van der Waals surface area contributed by atoms with Crippen molar-refractivity contribution < 1.29 is 29.1 Å². The molecule has 4 unspecified atom stereocenters. The first-order valence-corrected chi connectivity index (χ1v) is 15.1. The molecule has 2 rings (SSSR count). The summed E-state index contributed by atoms with van der Waals surface area (Å²) in [5.41, 5.74) is 12.4. The standard InChI is InChI=1S/C25H36N6O6S2/c1-38-9-7-18(29-22(33)16(26)12-21(27)32)23(34)30-19(8-10-39-2)24(35)31-20(25(36)37)11-14-13-28-17-6-4-3-5-15(14)17/h3-6,13,16,18-20,28H,7-12,26H2,1-2H3,(H2,27,32)(H,29,33)(H,30,34)(H,31,35)(H,36,37). The number of primary amides is 1. The van der Waals surface area contributed by atoms with Crippen LogP contribution in [0.15, 0.2) is 30.5 Å². The van der Waals surface area contributed by atoms with Crippen molar-refractivity contribution in [3.05, 3.63) is 36.0 Å². The smallest absolute Gasteiger partial charge is 0.326 e. The fraction of sp³-hybridized carbons (Fsp3) is 0.480. The van der Waals surface area contributed by atoms with Gasteiger partial charge in [0.05, 0.1) is 12.5 Å². The van der Waals surface area contributed by atoms with E-state index < -0.39 is 53.8 Å². The van der Waals surface area contributed by atoms with Crippen molar-refractivity contribution in [2.45, 2.75) is 49.9 Å². The zero-order valence-corrected chi connectivity index (χ0v) is 23.5. The zero-order chi connectivity index (χ0) is 28.9. The van der Waals surface area contributed by atoms with E-state index >= 15 is 0 Å². The van der Waals surface area contributed by atoms with Crippen molar-refractivity contribution in [2.24, 2.45) is 11.5 Å². The van der Waals surface area contributed by atoms with Crippen LogP contribution in [0.2, 0.25) is 0 Å². The summed E-state index contributed by atoms with van der Waals surface area (Å²) in [5.74, 6) is -2.90. The number of rotatable bonds is 17. The van der Waals surface area contributed by atoms with Crippen LogP contribution in [0.3, 0.4) is 0 Å². The number of fused-ring (bicyclic) bond motifs is 1. The third-order valence-electron chi connectivity index (χ3n) is 5.96. The molecule has 214 valence electrons. The SMILES string of the molecule is CSCCC(NC(=O)C(N)CC(N)=O)C(=O)NC(CCSC)C(=O)NC(Cc1c[nH]c2ccccc12)C(=O)O. The Bertz CT molecular complexity index is 1160. The number of aliphatic carboxylic acids is 1. The van der Waals surface area contributed by atoms with Gasteiger partial charge in [0.15, 0.2) is 0 Å². The summed E-state index contributed by atoms with van der Waals surface area (Å²) in [7, 11) is 0. The lowest BCUT2D eigenvalue weighted by atomic mass is 10.0. The number of aromatic nitrogens is 1. The van der Waals surface area contributed by atoms with Gasteiger partial charge in [-0.3, -0.25) is 19.2 Å². The fourth-order valence-electron chi connectivity index (χ4n) is 3.86. The number of carbonyl (C=O) groups excluding carboxylic acids is 4. The molecular weight excluding hydrogens is 544 g/mol. The Morgan fingerprint density at radius 3 is 1.97 bits per heavy atom. The van der Waals surface area contributed by atoms with Crippen molar-refractivity contribution in [3.63, 3.8) is 0 Å². The summed E-state index contributed by atoms with van der Waals surface area (Å²) in [4.78, 5) is 65.0. The highest BCUT2D eigenvalue weighted by molar-refractivity contribution is 7.98. The van der Waals surface area contributed by atoms with Gasteiger partial charge in [-0.2, -0.15) is 23.5 Å². The fourth-order valence-corrected chi connectivity index (χ4v) is 4.81. The molecule has 0 radical (unpaired) electrons. The summed E-state index contributed by atoms with van der Waals surface area (Å²) in [6.45, 7) is 0. The van der Waals surface area contributed by atoms with Crippen LogP contribution < -0.4 is 27.4 Å². The lowest BCUT2D eigenvalue weighted by molar-refractivity contribution is -0.142. The molecule has 39 heavy (non-hydrogen) atoms. The summed E-state index contributed by atoms with van der Waals surface area (Å²) in [6, 6.07) is 2.92. The minimum absolute atomic E-state index is 0.0401. The van der Waals surface area contributed by atoms with E-state index in [1.807, 2.05) is 36.8 Å². The van der Waals surface area contributed by atoms with Crippen LogP contribution in [0.4, 0.5) is 0 Å². The lowest BCUT2D eigenvalue weighted by Gasteiger charge is -2.25. The van der Waals surface area contributed by atoms with E-state index in [9.17, 15) is 29.1 Å². The van der Waals surface area contributed by atoms with Crippen molar-refractivity contribution >= 4 is 64.0 Å². The molecule has 0 aliphatic heterocycles. The number of nitrogens with two attached hydrogens (primary N) is 2. The predicted octanol–water partition coefficient (Wildman–Crippen LogP) is -0.0417. The van der Waals surface area contributed by atoms with Crippen LogP contribution >= 0.6 is 23.5 Å². The predicted molar refractivity (Wildman–Crippen MR) is 153 cm³/mol. The molecule has 1 aromatic heterocycles. The van der Waals surface area contributed by atoms with E-state index in [1.54, 1.807) is 6.20 Å². The Balaban J connectivity index is 2.15. The van der Waals surface area contributed by atoms with Crippen LogP contribution in [0.5, 0.6) is 0 Å². The van der Waals surface area contributed by atoms with E-state index in [-0.39, 0.29) is 25.7 Å². The molecule has 14 heteroatoms. The molecule has 0 spiro atoms. The van der Waals surface area contributed by atoms with Crippen LogP contribution in [0.25, 0.3) is 10.9 Å². The maximum absolute atomic E-state index is 13.2. The third kappa shape index (κ3) is 10.1. The number of nitrogens with one attached hydrogen (secondary N) is 4. The van der Waals surface area contributed by atoms with E-state index in [0.717, 1.165) is 16.5 Å². The van der Waals surface area contributed by atoms with Gasteiger partial charge in [0.1, 0.15) is 18.1 Å². The quantitative estimate of drug-likeness (QED) is 0.134. The number of carboxylic acid groups (broad SMARTS) is 1. The van der Waals surface area contributed by atoms with Gasteiger partial charge in [-0.05, 0) is 48.5 Å². The average molecular weight is 581 g/mol. The second-order valence-electron chi connectivity index (χ2n) is 8.93. The van der Waals surface area contributed by atoms with Gasteiger partial charge in [0.25, 0.3) is 0 Å². The van der Waals surface area contributed by atoms with Gasteiger partial charge >= 0.3 is 5.97 Å². The molecule has 12 nitrogen and oxygen atoms in total. The Kier molecular flexibility index (Phi) is 13.1. The minimum Gasteiger partial charge on any atom is -0.480 e. The summed E-state index contributed by atoms with van der Waals surface area (Å²) in [5, 5.41) is 18.4. The molecule has 0 saturated carbocycles. The maximum atomic E-state index is 13.2. The number of benzene rings is 1. The topological polar surface area (TPSA) is 209 Å². The number of aromatic amines is 1. The Morgan fingerprint density at radius 1 is 0.897 bits per heavy atom.